The lowest BCUT2D eigenvalue weighted by molar-refractivity contribution is 0.159. The van der Waals surface area contributed by atoms with Crippen LogP contribution in [0, 0.1) is 5.41 Å². The van der Waals surface area contributed by atoms with Crippen molar-refractivity contribution in [1.82, 2.24) is 0 Å². The number of rotatable bonds is 2. The molecule has 3 atom stereocenters. The summed E-state index contributed by atoms with van der Waals surface area (Å²) >= 11 is 0. The zero-order valence-electron chi connectivity index (χ0n) is 16.0. The molecule has 0 saturated heterocycles. The van der Waals surface area contributed by atoms with Crippen LogP contribution in [0.1, 0.15) is 43.2 Å². The van der Waals surface area contributed by atoms with Gasteiger partial charge in [0.15, 0.2) is 0 Å². The topological polar surface area (TPSA) is 29.5 Å². The van der Waals surface area contributed by atoms with E-state index < -0.39 is 0 Å². The van der Waals surface area contributed by atoms with Gasteiger partial charge in [-0.1, -0.05) is 43.3 Å². The van der Waals surface area contributed by atoms with Gasteiger partial charge in [0.05, 0.1) is 13.2 Å². The van der Waals surface area contributed by atoms with E-state index >= 15 is 0 Å². The molecule has 0 amide bonds. The van der Waals surface area contributed by atoms with E-state index in [0.29, 0.717) is 5.92 Å². The van der Waals surface area contributed by atoms with Gasteiger partial charge in [-0.05, 0) is 88.2 Å². The largest absolute Gasteiger partial charge is 0.497 e. The van der Waals surface area contributed by atoms with Crippen LogP contribution in [0.25, 0.3) is 21.9 Å². The van der Waals surface area contributed by atoms with E-state index in [2.05, 4.69) is 49.4 Å². The molecule has 0 aliphatic heterocycles. The van der Waals surface area contributed by atoms with Crippen LogP contribution >= 0.6 is 0 Å². The summed E-state index contributed by atoms with van der Waals surface area (Å²) in [4.78, 5) is 0. The molecule has 2 aliphatic carbocycles. The highest BCUT2D eigenvalue weighted by molar-refractivity contribution is 5.99. The van der Waals surface area contributed by atoms with Gasteiger partial charge in [-0.15, -0.1) is 0 Å². The Morgan fingerprint density at radius 2 is 1.78 bits per heavy atom. The minimum atomic E-state index is -0.165. The van der Waals surface area contributed by atoms with Crippen LogP contribution in [0.2, 0.25) is 0 Å². The molecular weight excluding hydrogens is 332 g/mol. The van der Waals surface area contributed by atoms with Crippen molar-refractivity contribution in [3.63, 3.8) is 0 Å². The molecule has 1 fully saturated rings. The third-order valence-corrected chi connectivity index (χ3v) is 6.96. The summed E-state index contributed by atoms with van der Waals surface area (Å²) in [7, 11) is 1.70. The van der Waals surface area contributed by atoms with Crippen molar-refractivity contribution in [2.24, 2.45) is 5.41 Å². The Balaban J connectivity index is 1.75. The van der Waals surface area contributed by atoms with E-state index in [0.717, 1.165) is 25.0 Å². The van der Waals surface area contributed by atoms with Crippen molar-refractivity contribution >= 4 is 10.8 Å². The molecule has 3 aromatic carbocycles. The van der Waals surface area contributed by atoms with E-state index in [4.69, 9.17) is 4.74 Å². The van der Waals surface area contributed by atoms with Crippen LogP contribution in [0.15, 0.2) is 54.6 Å². The Hall–Kier alpha value is -2.32. The molecule has 2 nitrogen and oxygen atoms in total. The second-order valence-corrected chi connectivity index (χ2v) is 8.57. The number of aliphatic hydroxyl groups is 1. The summed E-state index contributed by atoms with van der Waals surface area (Å²) in [5, 5.41) is 13.1. The Morgan fingerprint density at radius 3 is 2.52 bits per heavy atom. The molecule has 2 aliphatic rings. The number of aliphatic hydroxyl groups excluding tert-OH is 1. The summed E-state index contributed by atoms with van der Waals surface area (Å²) in [6, 6.07) is 19.6. The molecule has 138 valence electrons. The fourth-order valence-corrected chi connectivity index (χ4v) is 5.57. The maximum absolute atomic E-state index is 10.4. The number of ether oxygens (including phenoxy) is 1. The minimum Gasteiger partial charge on any atom is -0.497 e. The number of hydrogen-bond donors (Lipinski definition) is 1. The number of aryl methyl sites for hydroxylation is 1. The molecule has 0 aromatic heterocycles. The molecule has 27 heavy (non-hydrogen) atoms. The first kappa shape index (κ1) is 16.8. The van der Waals surface area contributed by atoms with Gasteiger partial charge in [-0.25, -0.2) is 0 Å². The highest BCUT2D eigenvalue weighted by Gasteiger charge is 2.47. The summed E-state index contributed by atoms with van der Waals surface area (Å²) in [6.45, 7) is 2.37. The second kappa shape index (κ2) is 6.10. The molecule has 5 rings (SSSR count). The van der Waals surface area contributed by atoms with Crippen molar-refractivity contribution in [2.45, 2.75) is 44.6 Å². The van der Waals surface area contributed by atoms with Gasteiger partial charge in [0.25, 0.3) is 0 Å². The summed E-state index contributed by atoms with van der Waals surface area (Å²) in [5.74, 6) is 1.34. The van der Waals surface area contributed by atoms with Crippen molar-refractivity contribution in [2.75, 3.05) is 7.11 Å². The van der Waals surface area contributed by atoms with Crippen LogP contribution in [-0.2, 0) is 6.42 Å². The predicted octanol–water partition coefficient (Wildman–Crippen LogP) is 5.71. The smallest absolute Gasteiger partial charge is 0.118 e. The summed E-state index contributed by atoms with van der Waals surface area (Å²) in [5.41, 5.74) is 5.70. The molecule has 0 spiro atoms. The van der Waals surface area contributed by atoms with Crippen molar-refractivity contribution < 1.29 is 9.84 Å². The lowest BCUT2D eigenvalue weighted by Gasteiger charge is -2.38. The first-order valence-electron chi connectivity index (χ1n) is 9.96. The van der Waals surface area contributed by atoms with Crippen molar-refractivity contribution in [1.29, 1.82) is 0 Å². The van der Waals surface area contributed by atoms with Gasteiger partial charge >= 0.3 is 0 Å². The van der Waals surface area contributed by atoms with Gasteiger partial charge in [0.2, 0.25) is 0 Å². The normalized spacial score (nSPS) is 26.6. The fourth-order valence-electron chi connectivity index (χ4n) is 5.57. The molecular formula is C25H26O2. The van der Waals surface area contributed by atoms with Gasteiger partial charge in [-0.2, -0.15) is 0 Å². The molecule has 1 saturated carbocycles. The van der Waals surface area contributed by atoms with E-state index in [1.54, 1.807) is 7.11 Å². The predicted molar refractivity (Wildman–Crippen MR) is 110 cm³/mol. The van der Waals surface area contributed by atoms with Gasteiger partial charge in [-0.3, -0.25) is 0 Å². The lowest BCUT2D eigenvalue weighted by atomic mass is 9.66. The highest BCUT2D eigenvalue weighted by Crippen LogP contribution is 2.57. The molecule has 3 aromatic rings. The molecule has 2 heteroatoms. The molecule has 0 unspecified atom stereocenters. The average molecular weight is 358 g/mol. The molecule has 0 heterocycles. The molecule has 1 N–H and O–H groups in total. The maximum Gasteiger partial charge on any atom is 0.118 e. The number of hydrogen-bond acceptors (Lipinski definition) is 2. The second-order valence-electron chi connectivity index (χ2n) is 8.57. The number of methoxy groups -OCH3 is 1. The minimum absolute atomic E-state index is 0.165. The third-order valence-electron chi connectivity index (χ3n) is 6.96. The Kier molecular flexibility index (Phi) is 3.80. The van der Waals surface area contributed by atoms with E-state index in [-0.39, 0.29) is 11.5 Å². The lowest BCUT2D eigenvalue weighted by Crippen LogP contribution is -2.27. The van der Waals surface area contributed by atoms with Crippen LogP contribution < -0.4 is 4.74 Å². The van der Waals surface area contributed by atoms with Crippen LogP contribution in [0.5, 0.6) is 5.75 Å². The Labute approximate surface area is 160 Å². The Morgan fingerprint density at radius 1 is 1.04 bits per heavy atom. The summed E-state index contributed by atoms with van der Waals surface area (Å²) in [6.07, 6.45) is 3.94. The highest BCUT2D eigenvalue weighted by atomic mass is 16.5. The fraction of sp³-hybridized carbons (Fsp3) is 0.360. The third kappa shape index (κ3) is 2.58. The van der Waals surface area contributed by atoms with Crippen LogP contribution in [0.3, 0.4) is 0 Å². The van der Waals surface area contributed by atoms with E-state index in [1.807, 2.05) is 12.1 Å². The zero-order chi connectivity index (χ0) is 18.6. The maximum atomic E-state index is 10.4. The average Bonchev–Trinajstić information content (AvgIpc) is 3.01. The first-order valence-corrected chi connectivity index (χ1v) is 9.96. The van der Waals surface area contributed by atoms with Crippen LogP contribution in [0.4, 0.5) is 0 Å². The van der Waals surface area contributed by atoms with Crippen molar-refractivity contribution in [3.05, 3.63) is 65.7 Å². The molecule has 0 bridgehead atoms. The zero-order valence-corrected chi connectivity index (χ0v) is 16.0. The monoisotopic (exact) mass is 358 g/mol. The van der Waals surface area contributed by atoms with Gasteiger partial charge in [0.1, 0.15) is 5.75 Å². The van der Waals surface area contributed by atoms with Gasteiger partial charge < -0.3 is 9.84 Å². The first-order chi connectivity index (χ1) is 13.1. The van der Waals surface area contributed by atoms with Gasteiger partial charge in [0, 0.05) is 0 Å². The number of benzene rings is 3. The standard InChI is InChI=1S/C25H26O2/c1-25-12-11-21-19-5-3-4-6-20(19)22(16-7-9-18(27-2)10-8-16)14-23(21)24(25)13-17(26)15-25/h3-10,14,17,24,26H,11-13,15H2,1-2H3/t17-,24-,25+/m0/s1. The van der Waals surface area contributed by atoms with Crippen molar-refractivity contribution in [3.8, 4) is 16.9 Å². The van der Waals surface area contributed by atoms with E-state index in [9.17, 15) is 5.11 Å². The molecule has 0 radical (unpaired) electrons. The Bertz CT molecular complexity index is 1000. The number of fused-ring (bicyclic) bond motifs is 5. The summed E-state index contributed by atoms with van der Waals surface area (Å²) < 4.78 is 5.34. The SMILES string of the molecule is COc1ccc(-c2cc3c(c4ccccc24)CC[C@]2(C)C[C@@H](O)C[C@@H]32)cc1. The van der Waals surface area contributed by atoms with Crippen LogP contribution in [-0.4, -0.2) is 18.3 Å². The quantitative estimate of drug-likeness (QED) is 0.636. The van der Waals surface area contributed by atoms with E-state index in [1.165, 1.54) is 39.4 Å².